The molecule has 2 heterocycles. The summed E-state index contributed by atoms with van der Waals surface area (Å²) in [5.41, 5.74) is 0. The topological polar surface area (TPSA) is 29.6 Å². The monoisotopic (exact) mass is 221 g/mol. The van der Waals surface area contributed by atoms with Crippen LogP contribution in [0, 0.1) is 0 Å². The fraction of sp³-hybridized carbons (Fsp3) is 0.400. The fourth-order valence-electron chi connectivity index (χ4n) is 2.15. The second kappa shape index (κ2) is 2.81. The second-order valence-electron chi connectivity index (χ2n) is 3.90. The van der Waals surface area contributed by atoms with Crippen molar-refractivity contribution in [3.63, 3.8) is 0 Å². The second-order valence-corrected chi connectivity index (χ2v) is 8.03. The van der Waals surface area contributed by atoms with Crippen molar-refractivity contribution >= 4 is 22.7 Å². The van der Waals surface area contributed by atoms with Crippen LogP contribution in [-0.4, -0.2) is 33.9 Å². The molecule has 2 fully saturated rings. The highest BCUT2D eigenvalue weighted by molar-refractivity contribution is 7.74. The van der Waals surface area contributed by atoms with Crippen molar-refractivity contribution in [1.82, 2.24) is 0 Å². The Kier molecular flexibility index (Phi) is 1.79. The molecule has 0 spiro atoms. The molecule has 2 aliphatic heterocycles. The molecular formula is C10H10O2PSi. The summed E-state index contributed by atoms with van der Waals surface area (Å²) >= 11 is 0. The molecule has 2 nitrogen and oxygen atoms in total. The highest BCUT2D eigenvalue weighted by Gasteiger charge is 2.59. The van der Waals surface area contributed by atoms with Crippen LogP contribution in [0.1, 0.15) is 0 Å². The van der Waals surface area contributed by atoms with E-state index in [1.165, 1.54) is 0 Å². The molecule has 3 radical (unpaired) electrons. The molecule has 1 aromatic rings. The van der Waals surface area contributed by atoms with Crippen LogP contribution >= 0.6 is 7.14 Å². The maximum absolute atomic E-state index is 12.7. The third-order valence-electron chi connectivity index (χ3n) is 3.03. The van der Waals surface area contributed by atoms with Gasteiger partial charge in [-0.1, -0.05) is 30.3 Å². The summed E-state index contributed by atoms with van der Waals surface area (Å²) in [5, 5.41) is 1.01. The lowest BCUT2D eigenvalue weighted by Gasteiger charge is -2.19. The minimum Gasteiger partial charge on any atom is -0.369 e. The van der Waals surface area contributed by atoms with Gasteiger partial charge in [0.2, 0.25) is 0 Å². The number of rotatable bonds is 1. The quantitative estimate of drug-likeness (QED) is 0.401. The lowest BCUT2D eigenvalue weighted by Crippen LogP contribution is -2.19. The molecule has 4 heteroatoms. The molecule has 1 aromatic carbocycles. The zero-order chi connectivity index (χ0) is 9.76. The van der Waals surface area contributed by atoms with E-state index in [0.29, 0.717) is 6.16 Å². The fourth-order valence-corrected chi connectivity index (χ4v) is 6.20. The van der Waals surface area contributed by atoms with Crippen LogP contribution in [0.2, 0.25) is 0 Å². The molecule has 2 saturated heterocycles. The van der Waals surface area contributed by atoms with E-state index in [1.807, 2.05) is 30.3 Å². The largest absolute Gasteiger partial charge is 0.369 e. The Labute approximate surface area is 86.5 Å². The van der Waals surface area contributed by atoms with Gasteiger partial charge >= 0.3 is 0 Å². The van der Waals surface area contributed by atoms with E-state index in [0.717, 1.165) is 5.30 Å². The molecular weight excluding hydrogens is 211 g/mol. The van der Waals surface area contributed by atoms with Crippen molar-refractivity contribution < 1.29 is 9.30 Å². The standard InChI is InChI=1S/C10H10O2PSi/c11-13(7-4-2-1-3-5-7)6-8-9(12-8)10(13)14/h1-5,8-10H,6H2/t8-,9-,10+,13+/m1/s1. The van der Waals surface area contributed by atoms with Crippen LogP contribution in [0.5, 0.6) is 0 Å². The highest BCUT2D eigenvalue weighted by atomic mass is 31.2. The molecule has 0 N–H and O–H groups in total. The molecule has 0 aliphatic carbocycles. The molecule has 0 aromatic heterocycles. The normalized spacial score (nSPS) is 44.8. The Bertz CT molecular complexity index is 406. The van der Waals surface area contributed by atoms with Crippen molar-refractivity contribution in [2.75, 3.05) is 6.16 Å². The molecule has 0 amide bonds. The van der Waals surface area contributed by atoms with E-state index in [1.54, 1.807) is 0 Å². The predicted octanol–water partition coefficient (Wildman–Crippen LogP) is 0.951. The van der Waals surface area contributed by atoms with Crippen molar-refractivity contribution in [2.24, 2.45) is 0 Å². The molecule has 0 bridgehead atoms. The first kappa shape index (κ1) is 8.90. The van der Waals surface area contributed by atoms with Crippen LogP contribution in [0.3, 0.4) is 0 Å². The van der Waals surface area contributed by atoms with Crippen LogP contribution in [0.4, 0.5) is 0 Å². The molecule has 71 valence electrons. The van der Waals surface area contributed by atoms with Gasteiger partial charge in [0, 0.05) is 27.0 Å². The minimum absolute atomic E-state index is 0.0231. The van der Waals surface area contributed by atoms with Crippen molar-refractivity contribution in [2.45, 2.75) is 17.5 Å². The maximum Gasteiger partial charge on any atom is 0.120 e. The van der Waals surface area contributed by atoms with Crippen molar-refractivity contribution in [3.8, 4) is 0 Å². The van der Waals surface area contributed by atoms with Crippen molar-refractivity contribution in [3.05, 3.63) is 30.3 Å². The van der Waals surface area contributed by atoms with Gasteiger partial charge in [0.1, 0.15) is 7.14 Å². The van der Waals surface area contributed by atoms with Crippen LogP contribution in [-0.2, 0) is 9.30 Å². The molecule has 0 unspecified atom stereocenters. The van der Waals surface area contributed by atoms with Gasteiger partial charge in [-0.25, -0.2) is 0 Å². The summed E-state index contributed by atoms with van der Waals surface area (Å²) in [7, 11) is 1.34. The Morgan fingerprint density at radius 2 is 2.07 bits per heavy atom. The Morgan fingerprint density at radius 1 is 1.36 bits per heavy atom. The highest BCUT2D eigenvalue weighted by Crippen LogP contribution is 2.62. The first-order valence-electron chi connectivity index (χ1n) is 4.73. The molecule has 4 atom stereocenters. The van der Waals surface area contributed by atoms with E-state index < -0.39 is 7.14 Å². The summed E-state index contributed by atoms with van der Waals surface area (Å²) in [6.07, 6.45) is 1.14. The molecule has 0 saturated carbocycles. The molecule has 2 aliphatic rings. The van der Waals surface area contributed by atoms with E-state index in [2.05, 4.69) is 10.2 Å². The number of ether oxygens (including phenoxy) is 1. The first-order chi connectivity index (χ1) is 6.72. The zero-order valence-corrected chi connectivity index (χ0v) is 9.48. The van der Waals surface area contributed by atoms with Crippen LogP contribution in [0.15, 0.2) is 30.3 Å². The summed E-state index contributed by atoms with van der Waals surface area (Å²) in [6.45, 7) is 0. The summed E-state index contributed by atoms with van der Waals surface area (Å²) in [5.74, 6) is 0. The van der Waals surface area contributed by atoms with Gasteiger partial charge in [-0.05, 0) is 0 Å². The SMILES string of the molecule is O=[P@]1(c2ccccc2)C[C@H]2O[C@H]2[C@@H]1[Si]. The van der Waals surface area contributed by atoms with Gasteiger partial charge in [-0.15, -0.1) is 0 Å². The van der Waals surface area contributed by atoms with Crippen molar-refractivity contribution in [1.29, 1.82) is 0 Å². The van der Waals surface area contributed by atoms with Gasteiger partial charge in [-0.2, -0.15) is 0 Å². The summed E-state index contributed by atoms with van der Waals surface area (Å²) in [6, 6.07) is 9.75. The van der Waals surface area contributed by atoms with Gasteiger partial charge in [0.05, 0.1) is 12.2 Å². The average Bonchev–Trinajstić information content (AvgIpc) is 2.92. The van der Waals surface area contributed by atoms with Gasteiger partial charge in [0.15, 0.2) is 0 Å². The average molecular weight is 221 g/mol. The lowest BCUT2D eigenvalue weighted by atomic mass is 10.4. The third kappa shape index (κ3) is 1.10. The van der Waals surface area contributed by atoms with E-state index >= 15 is 0 Å². The molecule has 3 rings (SSSR count). The maximum atomic E-state index is 12.7. The van der Waals surface area contributed by atoms with E-state index in [4.69, 9.17) is 4.74 Å². The Balaban J connectivity index is 2.02. The van der Waals surface area contributed by atoms with Crippen LogP contribution in [0.25, 0.3) is 0 Å². The van der Waals surface area contributed by atoms with E-state index in [9.17, 15) is 4.57 Å². The molecule has 14 heavy (non-hydrogen) atoms. The van der Waals surface area contributed by atoms with E-state index in [-0.39, 0.29) is 17.5 Å². The summed E-state index contributed by atoms with van der Waals surface area (Å²) in [4.78, 5) is 0. The third-order valence-corrected chi connectivity index (χ3v) is 7.87. The predicted molar refractivity (Wildman–Crippen MR) is 56.8 cm³/mol. The summed E-state index contributed by atoms with van der Waals surface area (Å²) < 4.78 is 18.0. The number of epoxide rings is 1. The van der Waals surface area contributed by atoms with Gasteiger partial charge < -0.3 is 9.30 Å². The lowest BCUT2D eigenvalue weighted by molar-refractivity contribution is 0.374. The van der Waals surface area contributed by atoms with Gasteiger partial charge in [-0.3, -0.25) is 0 Å². The Morgan fingerprint density at radius 3 is 2.64 bits per heavy atom. The Hall–Kier alpha value is -0.373. The number of hydrogen-bond acceptors (Lipinski definition) is 2. The van der Waals surface area contributed by atoms with Crippen LogP contribution < -0.4 is 5.30 Å². The number of benzene rings is 1. The number of fused-ring (bicyclic) bond motifs is 1. The first-order valence-corrected chi connectivity index (χ1v) is 7.26. The zero-order valence-electron chi connectivity index (χ0n) is 7.59. The van der Waals surface area contributed by atoms with Gasteiger partial charge in [0.25, 0.3) is 0 Å². The number of hydrogen-bond donors (Lipinski definition) is 0. The smallest absolute Gasteiger partial charge is 0.120 e. The minimum atomic E-state index is -2.23.